The van der Waals surface area contributed by atoms with Crippen LogP contribution in [0.2, 0.25) is 0 Å². The highest BCUT2D eigenvalue weighted by molar-refractivity contribution is 6.09. The lowest BCUT2D eigenvalue weighted by molar-refractivity contribution is -0.136. The van der Waals surface area contributed by atoms with Crippen molar-refractivity contribution in [3.8, 4) is 0 Å². The number of hydrogen-bond donors (Lipinski definition) is 2. The van der Waals surface area contributed by atoms with Gasteiger partial charge in [0.2, 0.25) is 5.91 Å². The molecule has 2 fully saturated rings. The van der Waals surface area contributed by atoms with E-state index in [1.54, 1.807) is 0 Å². The van der Waals surface area contributed by atoms with E-state index >= 15 is 0 Å². The van der Waals surface area contributed by atoms with E-state index in [0.717, 1.165) is 12.8 Å². The molecule has 2 rings (SSSR count). The van der Waals surface area contributed by atoms with Crippen molar-refractivity contribution in [2.45, 2.75) is 51.5 Å². The van der Waals surface area contributed by atoms with Crippen molar-refractivity contribution in [2.24, 2.45) is 22.2 Å². The number of oxime groups is 1. The highest BCUT2D eigenvalue weighted by Gasteiger charge is 2.56. The van der Waals surface area contributed by atoms with Crippen LogP contribution >= 0.6 is 0 Å². The van der Waals surface area contributed by atoms with E-state index in [-0.39, 0.29) is 11.7 Å². The van der Waals surface area contributed by atoms with Gasteiger partial charge in [0, 0.05) is 13.1 Å². The highest BCUT2D eigenvalue weighted by atomic mass is 16.4. The van der Waals surface area contributed by atoms with Crippen LogP contribution in [0.4, 0.5) is 0 Å². The third-order valence-corrected chi connectivity index (χ3v) is 4.53. The number of amides is 1. The summed E-state index contributed by atoms with van der Waals surface area (Å²) in [5, 5.41) is 11.8. The van der Waals surface area contributed by atoms with Gasteiger partial charge in [-0.05, 0) is 31.6 Å². The fourth-order valence-electron chi connectivity index (χ4n) is 3.06. The summed E-state index contributed by atoms with van der Waals surface area (Å²) in [6.45, 7) is 2.24. The standard InChI is InChI=1S/C13H23N3O2/c1-9-4-3-5-10(8-9)16(2)12(17)13(6-7-13)11(14)15-18/h9-10,18H,3-8H2,1-2H3,(H2,14,15). The number of nitrogens with zero attached hydrogens (tertiary/aromatic N) is 2. The molecule has 0 aliphatic heterocycles. The summed E-state index contributed by atoms with van der Waals surface area (Å²) >= 11 is 0. The first-order valence-corrected chi connectivity index (χ1v) is 6.76. The predicted molar refractivity (Wildman–Crippen MR) is 69.3 cm³/mol. The molecule has 0 spiro atoms. The molecular weight excluding hydrogens is 230 g/mol. The summed E-state index contributed by atoms with van der Waals surface area (Å²) in [5.74, 6) is 0.776. The monoisotopic (exact) mass is 253 g/mol. The maximum absolute atomic E-state index is 12.5. The molecule has 2 aliphatic rings. The van der Waals surface area contributed by atoms with Crippen molar-refractivity contribution >= 4 is 11.7 Å². The molecule has 0 aromatic heterocycles. The summed E-state index contributed by atoms with van der Waals surface area (Å²) in [6.07, 6.45) is 5.97. The predicted octanol–water partition coefficient (Wildman–Crippen LogP) is 1.55. The Morgan fingerprint density at radius 3 is 2.61 bits per heavy atom. The number of rotatable bonds is 3. The summed E-state index contributed by atoms with van der Waals surface area (Å²) in [5.41, 5.74) is 4.96. The SMILES string of the molecule is CC1CCCC(N(C)C(=O)C2(C(N)=NO)CC2)C1. The molecule has 2 atom stereocenters. The van der Waals surface area contributed by atoms with E-state index in [1.807, 2.05) is 11.9 Å². The van der Waals surface area contributed by atoms with Crippen molar-refractivity contribution in [2.75, 3.05) is 7.05 Å². The Hall–Kier alpha value is -1.26. The van der Waals surface area contributed by atoms with Crippen LogP contribution in [0.1, 0.15) is 45.4 Å². The van der Waals surface area contributed by atoms with Crippen LogP contribution in [0.3, 0.4) is 0 Å². The molecule has 2 aliphatic carbocycles. The lowest BCUT2D eigenvalue weighted by Gasteiger charge is -2.36. The van der Waals surface area contributed by atoms with Crippen molar-refractivity contribution in [3.63, 3.8) is 0 Å². The van der Waals surface area contributed by atoms with Crippen LogP contribution in [-0.2, 0) is 4.79 Å². The van der Waals surface area contributed by atoms with Gasteiger partial charge in [0.25, 0.3) is 0 Å². The molecule has 3 N–H and O–H groups in total. The lowest BCUT2D eigenvalue weighted by atomic mass is 9.86. The molecule has 0 bridgehead atoms. The number of nitrogens with two attached hydrogens (primary N) is 1. The van der Waals surface area contributed by atoms with E-state index in [4.69, 9.17) is 10.9 Å². The molecular formula is C13H23N3O2. The first-order valence-electron chi connectivity index (χ1n) is 6.76. The van der Waals surface area contributed by atoms with Gasteiger partial charge in [-0.25, -0.2) is 0 Å². The Morgan fingerprint density at radius 2 is 2.11 bits per heavy atom. The van der Waals surface area contributed by atoms with Crippen molar-refractivity contribution < 1.29 is 10.0 Å². The maximum Gasteiger partial charge on any atom is 0.236 e. The number of carbonyl (C=O) groups excluding carboxylic acids is 1. The van der Waals surface area contributed by atoms with Crippen LogP contribution in [0.5, 0.6) is 0 Å². The normalized spacial score (nSPS) is 30.9. The van der Waals surface area contributed by atoms with Crippen LogP contribution in [0.25, 0.3) is 0 Å². The van der Waals surface area contributed by atoms with E-state index in [0.29, 0.717) is 24.8 Å². The number of carbonyl (C=O) groups is 1. The molecule has 2 unspecified atom stereocenters. The third kappa shape index (κ3) is 2.18. The Balaban J connectivity index is 2.05. The van der Waals surface area contributed by atoms with Gasteiger partial charge >= 0.3 is 0 Å². The van der Waals surface area contributed by atoms with E-state index < -0.39 is 5.41 Å². The largest absolute Gasteiger partial charge is 0.409 e. The molecule has 5 heteroatoms. The summed E-state index contributed by atoms with van der Waals surface area (Å²) in [7, 11) is 1.86. The molecule has 0 heterocycles. The second-order valence-electron chi connectivity index (χ2n) is 5.91. The Kier molecular flexibility index (Phi) is 3.50. The third-order valence-electron chi connectivity index (χ3n) is 4.53. The molecule has 2 saturated carbocycles. The molecule has 102 valence electrons. The van der Waals surface area contributed by atoms with Gasteiger partial charge in [-0.3, -0.25) is 4.79 Å². The average Bonchev–Trinajstić information content (AvgIpc) is 3.17. The molecule has 1 amide bonds. The fraction of sp³-hybridized carbons (Fsp3) is 0.846. The van der Waals surface area contributed by atoms with Crippen molar-refractivity contribution in [1.29, 1.82) is 0 Å². The minimum Gasteiger partial charge on any atom is -0.409 e. The van der Waals surface area contributed by atoms with Gasteiger partial charge in [-0.2, -0.15) is 0 Å². The molecule has 0 radical (unpaired) electrons. The van der Waals surface area contributed by atoms with Crippen LogP contribution in [-0.4, -0.2) is 34.9 Å². The zero-order valence-electron chi connectivity index (χ0n) is 11.2. The minimum atomic E-state index is -0.704. The zero-order valence-corrected chi connectivity index (χ0v) is 11.2. The summed E-state index contributed by atoms with van der Waals surface area (Å²) in [4.78, 5) is 14.3. The van der Waals surface area contributed by atoms with Crippen molar-refractivity contribution in [1.82, 2.24) is 4.90 Å². The molecule has 0 aromatic carbocycles. The molecule has 0 saturated heterocycles. The quantitative estimate of drug-likeness (QED) is 0.346. The zero-order chi connectivity index (χ0) is 13.3. The van der Waals surface area contributed by atoms with Gasteiger partial charge in [0.05, 0.1) is 0 Å². The lowest BCUT2D eigenvalue weighted by Crippen LogP contribution is -2.47. The Labute approximate surface area is 108 Å². The number of hydrogen-bond acceptors (Lipinski definition) is 3. The van der Waals surface area contributed by atoms with Crippen LogP contribution in [0.15, 0.2) is 5.16 Å². The molecule has 5 nitrogen and oxygen atoms in total. The van der Waals surface area contributed by atoms with Crippen LogP contribution < -0.4 is 5.73 Å². The topological polar surface area (TPSA) is 78.9 Å². The van der Waals surface area contributed by atoms with Crippen LogP contribution in [0, 0.1) is 11.3 Å². The smallest absolute Gasteiger partial charge is 0.236 e. The van der Waals surface area contributed by atoms with E-state index in [9.17, 15) is 4.79 Å². The maximum atomic E-state index is 12.5. The second kappa shape index (κ2) is 4.78. The summed E-state index contributed by atoms with van der Waals surface area (Å²) in [6, 6.07) is 0.310. The fourth-order valence-corrected chi connectivity index (χ4v) is 3.06. The molecule has 0 aromatic rings. The Bertz CT molecular complexity index is 363. The van der Waals surface area contributed by atoms with Gasteiger partial charge < -0.3 is 15.8 Å². The Morgan fingerprint density at radius 1 is 1.44 bits per heavy atom. The second-order valence-corrected chi connectivity index (χ2v) is 5.91. The van der Waals surface area contributed by atoms with Gasteiger partial charge in [0.1, 0.15) is 5.41 Å². The summed E-state index contributed by atoms with van der Waals surface area (Å²) < 4.78 is 0. The highest BCUT2D eigenvalue weighted by Crippen LogP contribution is 2.48. The van der Waals surface area contributed by atoms with E-state index in [2.05, 4.69) is 12.1 Å². The first kappa shape index (κ1) is 13.2. The molecule has 18 heavy (non-hydrogen) atoms. The van der Waals surface area contributed by atoms with E-state index in [1.165, 1.54) is 12.8 Å². The van der Waals surface area contributed by atoms with Gasteiger partial charge in [0.15, 0.2) is 5.84 Å². The van der Waals surface area contributed by atoms with Crippen molar-refractivity contribution in [3.05, 3.63) is 0 Å². The van der Waals surface area contributed by atoms with Gasteiger partial charge in [-0.1, -0.05) is 24.9 Å². The van der Waals surface area contributed by atoms with Gasteiger partial charge in [-0.15, -0.1) is 0 Å². The first-order chi connectivity index (χ1) is 8.51. The average molecular weight is 253 g/mol. The number of amidine groups is 1. The minimum absolute atomic E-state index is 0.0249.